The van der Waals surface area contributed by atoms with E-state index in [9.17, 15) is 0 Å². The molecule has 3 heteroatoms. The molecule has 0 radical (unpaired) electrons. The smallest absolute Gasteiger partial charge is 0.0413 e. The van der Waals surface area contributed by atoms with Crippen molar-refractivity contribution in [3.8, 4) is 0 Å². The maximum atomic E-state index is 5.81. The van der Waals surface area contributed by atoms with E-state index in [1.165, 1.54) is 25.0 Å². The molecule has 2 rings (SSSR count). The summed E-state index contributed by atoms with van der Waals surface area (Å²) >= 11 is 3.39. The van der Waals surface area contributed by atoms with E-state index in [-0.39, 0.29) is 0 Å². The van der Waals surface area contributed by atoms with Gasteiger partial charge in [-0.25, -0.2) is 0 Å². The Bertz CT molecular complexity index is 298. The van der Waals surface area contributed by atoms with Crippen molar-refractivity contribution in [2.24, 2.45) is 11.1 Å². The van der Waals surface area contributed by atoms with Crippen LogP contribution in [-0.4, -0.2) is 11.5 Å². The van der Waals surface area contributed by atoms with Gasteiger partial charge in [0.1, 0.15) is 0 Å². The van der Waals surface area contributed by atoms with Crippen LogP contribution in [0.3, 0.4) is 0 Å². The Balaban J connectivity index is 2.06. The zero-order chi connectivity index (χ0) is 10.0. The molecule has 1 aliphatic carbocycles. The van der Waals surface area contributed by atoms with E-state index in [0.717, 1.165) is 17.4 Å². The van der Waals surface area contributed by atoms with Crippen LogP contribution in [0.2, 0.25) is 0 Å². The van der Waals surface area contributed by atoms with E-state index in [2.05, 4.69) is 27.0 Å². The summed E-state index contributed by atoms with van der Waals surface area (Å²) in [6.45, 7) is 0.796. The number of nitrogens with two attached hydrogens (primary N) is 1. The molecule has 1 saturated carbocycles. The molecule has 1 aromatic rings. The molecule has 0 aromatic carbocycles. The van der Waals surface area contributed by atoms with Crippen LogP contribution in [0.5, 0.6) is 0 Å². The Labute approximate surface area is 93.0 Å². The highest BCUT2D eigenvalue weighted by molar-refractivity contribution is 9.10. The first-order valence-electron chi connectivity index (χ1n) is 5.05. The van der Waals surface area contributed by atoms with Gasteiger partial charge < -0.3 is 5.73 Å². The SMILES string of the molecule is NCC1(Cc2ccc(Br)cn2)CCC1. The molecule has 0 unspecified atom stereocenters. The number of hydrogen-bond donors (Lipinski definition) is 1. The molecule has 0 atom stereocenters. The van der Waals surface area contributed by atoms with Crippen LogP contribution in [0.15, 0.2) is 22.8 Å². The van der Waals surface area contributed by atoms with Crippen LogP contribution < -0.4 is 5.73 Å². The number of pyridine rings is 1. The maximum absolute atomic E-state index is 5.81. The summed E-state index contributed by atoms with van der Waals surface area (Å²) in [4.78, 5) is 4.39. The average molecular weight is 255 g/mol. The fraction of sp³-hybridized carbons (Fsp3) is 0.545. The topological polar surface area (TPSA) is 38.9 Å². The predicted octanol–water partition coefficient (Wildman–Crippen LogP) is 2.52. The Hall–Kier alpha value is -0.410. The minimum absolute atomic E-state index is 0.362. The molecule has 1 aromatic heterocycles. The van der Waals surface area contributed by atoms with E-state index >= 15 is 0 Å². The molecule has 2 nitrogen and oxygen atoms in total. The van der Waals surface area contributed by atoms with Crippen molar-refractivity contribution in [1.82, 2.24) is 4.98 Å². The monoisotopic (exact) mass is 254 g/mol. The van der Waals surface area contributed by atoms with Gasteiger partial charge in [0.05, 0.1) is 0 Å². The number of aromatic nitrogens is 1. The summed E-state index contributed by atoms with van der Waals surface area (Å²) in [5.74, 6) is 0. The maximum Gasteiger partial charge on any atom is 0.0413 e. The molecule has 14 heavy (non-hydrogen) atoms. The minimum Gasteiger partial charge on any atom is -0.330 e. The predicted molar refractivity (Wildman–Crippen MR) is 61.0 cm³/mol. The van der Waals surface area contributed by atoms with Gasteiger partial charge in [-0.3, -0.25) is 4.98 Å². The van der Waals surface area contributed by atoms with Crippen LogP contribution >= 0.6 is 15.9 Å². The Morgan fingerprint density at radius 1 is 1.43 bits per heavy atom. The lowest BCUT2D eigenvalue weighted by Gasteiger charge is -2.40. The lowest BCUT2D eigenvalue weighted by Crippen LogP contribution is -2.39. The molecule has 0 bridgehead atoms. The Kier molecular flexibility index (Phi) is 2.88. The highest BCUT2D eigenvalue weighted by Crippen LogP contribution is 2.42. The molecule has 0 aliphatic heterocycles. The second kappa shape index (κ2) is 3.99. The summed E-state index contributed by atoms with van der Waals surface area (Å²) in [6.07, 6.45) is 6.76. The van der Waals surface area contributed by atoms with Crippen LogP contribution in [0.4, 0.5) is 0 Å². The van der Waals surface area contributed by atoms with Gasteiger partial charge in [0.2, 0.25) is 0 Å². The fourth-order valence-corrected chi connectivity index (χ4v) is 2.26. The molecule has 0 saturated heterocycles. The molecule has 1 heterocycles. The number of hydrogen-bond acceptors (Lipinski definition) is 2. The highest BCUT2D eigenvalue weighted by atomic mass is 79.9. The van der Waals surface area contributed by atoms with Crippen molar-refractivity contribution in [3.05, 3.63) is 28.5 Å². The summed E-state index contributed by atoms with van der Waals surface area (Å²) in [5, 5.41) is 0. The Morgan fingerprint density at radius 3 is 2.64 bits per heavy atom. The van der Waals surface area contributed by atoms with Gasteiger partial charge in [0, 0.05) is 16.4 Å². The summed E-state index contributed by atoms with van der Waals surface area (Å²) in [6, 6.07) is 4.13. The molecular weight excluding hydrogens is 240 g/mol. The normalized spacial score (nSPS) is 19.0. The molecule has 76 valence electrons. The fourth-order valence-electron chi connectivity index (χ4n) is 2.03. The van der Waals surface area contributed by atoms with Gasteiger partial charge in [-0.05, 0) is 59.3 Å². The lowest BCUT2D eigenvalue weighted by molar-refractivity contribution is 0.143. The zero-order valence-electron chi connectivity index (χ0n) is 8.17. The van der Waals surface area contributed by atoms with Gasteiger partial charge in [-0.15, -0.1) is 0 Å². The molecule has 1 aliphatic rings. The first-order chi connectivity index (χ1) is 6.74. The lowest BCUT2D eigenvalue weighted by atomic mass is 9.66. The summed E-state index contributed by atoms with van der Waals surface area (Å²) < 4.78 is 1.04. The largest absolute Gasteiger partial charge is 0.330 e. The molecule has 2 N–H and O–H groups in total. The summed E-state index contributed by atoms with van der Waals surface area (Å²) in [5.41, 5.74) is 7.34. The van der Waals surface area contributed by atoms with Crippen molar-refractivity contribution in [2.45, 2.75) is 25.7 Å². The number of rotatable bonds is 3. The van der Waals surface area contributed by atoms with E-state index in [1.54, 1.807) is 0 Å². The van der Waals surface area contributed by atoms with E-state index in [1.807, 2.05) is 12.3 Å². The molecule has 0 spiro atoms. The highest BCUT2D eigenvalue weighted by Gasteiger charge is 2.35. The average Bonchev–Trinajstić information content (AvgIpc) is 2.15. The number of nitrogens with zero attached hydrogens (tertiary/aromatic N) is 1. The van der Waals surface area contributed by atoms with E-state index in [4.69, 9.17) is 5.73 Å². The first-order valence-corrected chi connectivity index (χ1v) is 5.84. The third kappa shape index (κ3) is 1.98. The zero-order valence-corrected chi connectivity index (χ0v) is 9.76. The van der Waals surface area contributed by atoms with Crippen LogP contribution in [0.1, 0.15) is 25.0 Å². The molecular formula is C11H15BrN2. The third-order valence-corrected chi connectivity index (χ3v) is 3.66. The van der Waals surface area contributed by atoms with Gasteiger partial charge in [0.15, 0.2) is 0 Å². The standard InChI is InChI=1S/C11H15BrN2/c12-9-2-3-10(14-7-9)6-11(8-13)4-1-5-11/h2-3,7H,1,4-6,8,13H2. The number of halogens is 1. The van der Waals surface area contributed by atoms with Crippen LogP contribution in [0, 0.1) is 5.41 Å². The van der Waals surface area contributed by atoms with Crippen molar-refractivity contribution >= 4 is 15.9 Å². The van der Waals surface area contributed by atoms with Gasteiger partial charge in [0.25, 0.3) is 0 Å². The molecule has 0 amide bonds. The Morgan fingerprint density at radius 2 is 2.21 bits per heavy atom. The second-order valence-corrected chi connectivity index (χ2v) is 5.12. The van der Waals surface area contributed by atoms with Crippen molar-refractivity contribution < 1.29 is 0 Å². The third-order valence-electron chi connectivity index (χ3n) is 3.19. The second-order valence-electron chi connectivity index (χ2n) is 4.20. The van der Waals surface area contributed by atoms with E-state index in [0.29, 0.717) is 5.41 Å². The summed E-state index contributed by atoms with van der Waals surface area (Å²) in [7, 11) is 0. The van der Waals surface area contributed by atoms with Crippen molar-refractivity contribution in [3.63, 3.8) is 0 Å². The van der Waals surface area contributed by atoms with Crippen LogP contribution in [0.25, 0.3) is 0 Å². The quantitative estimate of drug-likeness (QED) is 0.901. The van der Waals surface area contributed by atoms with Gasteiger partial charge in [-0.2, -0.15) is 0 Å². The minimum atomic E-state index is 0.362. The molecule has 1 fully saturated rings. The van der Waals surface area contributed by atoms with Gasteiger partial charge >= 0.3 is 0 Å². The van der Waals surface area contributed by atoms with Gasteiger partial charge in [-0.1, -0.05) is 6.42 Å². The van der Waals surface area contributed by atoms with Crippen molar-refractivity contribution in [1.29, 1.82) is 0 Å². The van der Waals surface area contributed by atoms with E-state index < -0.39 is 0 Å². The van der Waals surface area contributed by atoms with Crippen LogP contribution in [-0.2, 0) is 6.42 Å². The van der Waals surface area contributed by atoms with Crippen molar-refractivity contribution in [2.75, 3.05) is 6.54 Å². The first kappa shape index (κ1) is 10.1.